The quantitative estimate of drug-likeness (QED) is 0.401. The van der Waals surface area contributed by atoms with Gasteiger partial charge in [0.05, 0.1) is 18.3 Å². The van der Waals surface area contributed by atoms with Gasteiger partial charge in [0.25, 0.3) is 0 Å². The molecule has 2 N–H and O–H groups in total. The molecular formula is C25H25ClN4O2S. The second kappa shape index (κ2) is 9.87. The largest absolute Gasteiger partial charge is 0.321 e. The third kappa shape index (κ3) is 5.68. The van der Waals surface area contributed by atoms with Gasteiger partial charge in [0.1, 0.15) is 0 Å². The lowest BCUT2D eigenvalue weighted by atomic mass is 10.1. The van der Waals surface area contributed by atoms with E-state index in [0.29, 0.717) is 29.4 Å². The lowest BCUT2D eigenvalue weighted by Crippen LogP contribution is -2.22. The summed E-state index contributed by atoms with van der Waals surface area (Å²) in [4.78, 5) is 0. The number of rotatable bonds is 8. The molecule has 4 aromatic rings. The topological polar surface area (TPSA) is 90.9 Å². The molecule has 0 saturated carbocycles. The van der Waals surface area contributed by atoms with Crippen LogP contribution in [0, 0.1) is 6.92 Å². The molecule has 0 saturated heterocycles. The number of hydrogen-bond acceptors (Lipinski definition) is 5. The van der Waals surface area contributed by atoms with Crippen molar-refractivity contribution >= 4 is 21.4 Å². The van der Waals surface area contributed by atoms with E-state index in [4.69, 9.17) is 17.3 Å². The number of aromatic nitrogens is 3. The van der Waals surface area contributed by atoms with Gasteiger partial charge in [-0.1, -0.05) is 83.9 Å². The molecule has 0 bridgehead atoms. The van der Waals surface area contributed by atoms with Crippen LogP contribution < -0.4 is 5.73 Å². The van der Waals surface area contributed by atoms with Crippen LogP contribution in [0.25, 0.3) is 0 Å². The summed E-state index contributed by atoms with van der Waals surface area (Å²) in [5.41, 5.74) is 10.2. The van der Waals surface area contributed by atoms with Crippen LogP contribution in [0.1, 0.15) is 34.1 Å². The summed E-state index contributed by atoms with van der Waals surface area (Å²) in [6.45, 7) is 2.27. The molecule has 8 heteroatoms. The van der Waals surface area contributed by atoms with Crippen molar-refractivity contribution in [3.05, 3.63) is 112 Å². The molecule has 0 fully saturated rings. The maximum Gasteiger partial charge on any atom is 0.250 e. The van der Waals surface area contributed by atoms with Gasteiger partial charge >= 0.3 is 0 Å². The molecule has 1 unspecified atom stereocenters. The Morgan fingerprint density at radius 2 is 1.52 bits per heavy atom. The van der Waals surface area contributed by atoms with Crippen LogP contribution in [0.4, 0.5) is 0 Å². The van der Waals surface area contributed by atoms with Crippen LogP contribution in [0.2, 0.25) is 5.02 Å². The third-order valence-electron chi connectivity index (χ3n) is 5.38. The highest BCUT2D eigenvalue weighted by molar-refractivity contribution is 7.90. The van der Waals surface area contributed by atoms with E-state index in [1.807, 2.05) is 73.7 Å². The summed E-state index contributed by atoms with van der Waals surface area (Å²) in [5, 5.41) is 8.90. The average molecular weight is 481 g/mol. The van der Waals surface area contributed by atoms with E-state index in [9.17, 15) is 8.42 Å². The Morgan fingerprint density at radius 3 is 2.18 bits per heavy atom. The number of sulfone groups is 1. The Bertz CT molecular complexity index is 1320. The Labute approximate surface area is 199 Å². The second-order valence-electron chi connectivity index (χ2n) is 8.09. The lowest BCUT2D eigenvalue weighted by molar-refractivity contribution is 0.553. The van der Waals surface area contributed by atoms with E-state index in [1.165, 1.54) is 0 Å². The first-order valence-electron chi connectivity index (χ1n) is 10.6. The molecule has 33 heavy (non-hydrogen) atoms. The van der Waals surface area contributed by atoms with E-state index in [1.54, 1.807) is 16.7 Å². The Hall–Kier alpha value is -3.00. The Kier molecular flexibility index (Phi) is 6.93. The molecule has 0 aliphatic carbocycles. The molecular weight excluding hydrogens is 456 g/mol. The van der Waals surface area contributed by atoms with Crippen LogP contribution >= 0.6 is 11.6 Å². The second-order valence-corrected chi connectivity index (χ2v) is 10.4. The number of nitrogens with two attached hydrogens (primary N) is 1. The lowest BCUT2D eigenvalue weighted by Gasteiger charge is -2.15. The first-order valence-corrected chi connectivity index (χ1v) is 12.6. The van der Waals surface area contributed by atoms with Crippen molar-refractivity contribution in [3.8, 4) is 0 Å². The molecule has 0 aliphatic rings. The summed E-state index contributed by atoms with van der Waals surface area (Å²) in [6.07, 6.45) is 0.474. The van der Waals surface area contributed by atoms with Crippen molar-refractivity contribution in [1.82, 2.24) is 14.8 Å². The van der Waals surface area contributed by atoms with Gasteiger partial charge < -0.3 is 5.73 Å². The highest BCUT2D eigenvalue weighted by Crippen LogP contribution is 2.23. The summed E-state index contributed by atoms with van der Waals surface area (Å²) >= 11 is 5.98. The van der Waals surface area contributed by atoms with Gasteiger partial charge in [-0.3, -0.25) is 4.57 Å². The number of nitrogens with zero attached hydrogens (tertiary/aromatic N) is 3. The minimum atomic E-state index is -3.75. The number of hydrogen-bond donors (Lipinski definition) is 1. The van der Waals surface area contributed by atoms with Crippen LogP contribution in [-0.4, -0.2) is 23.2 Å². The van der Waals surface area contributed by atoms with Crippen LogP contribution in [0.3, 0.4) is 0 Å². The normalized spacial score (nSPS) is 12.6. The van der Waals surface area contributed by atoms with E-state index in [2.05, 4.69) is 10.2 Å². The molecule has 1 aromatic heterocycles. The van der Waals surface area contributed by atoms with Crippen molar-refractivity contribution in [3.63, 3.8) is 0 Å². The highest BCUT2D eigenvalue weighted by Gasteiger charge is 2.27. The van der Waals surface area contributed by atoms with Gasteiger partial charge in [-0.05, 0) is 42.2 Å². The molecule has 4 rings (SSSR count). The fourth-order valence-electron chi connectivity index (χ4n) is 3.65. The maximum atomic E-state index is 13.4. The van der Waals surface area contributed by atoms with Gasteiger partial charge in [0.15, 0.2) is 5.82 Å². The summed E-state index contributed by atoms with van der Waals surface area (Å²) in [5.74, 6) is 0.267. The summed E-state index contributed by atoms with van der Waals surface area (Å²) in [6, 6.07) is 23.9. The smallest absolute Gasteiger partial charge is 0.250 e. The van der Waals surface area contributed by atoms with Gasteiger partial charge in [-0.25, -0.2) is 8.42 Å². The first kappa shape index (κ1) is 23.2. The van der Waals surface area contributed by atoms with E-state index in [0.717, 1.165) is 16.7 Å². The predicted octanol–water partition coefficient (Wildman–Crippen LogP) is 4.50. The van der Waals surface area contributed by atoms with Crippen molar-refractivity contribution in [2.75, 3.05) is 0 Å². The summed E-state index contributed by atoms with van der Waals surface area (Å²) < 4.78 is 28.3. The van der Waals surface area contributed by atoms with E-state index < -0.39 is 15.9 Å². The fraction of sp³-hybridized carbons (Fsp3) is 0.200. The molecule has 0 amide bonds. The van der Waals surface area contributed by atoms with E-state index >= 15 is 0 Å². The fourth-order valence-corrected chi connectivity index (χ4v) is 5.20. The molecule has 1 heterocycles. The van der Waals surface area contributed by atoms with Gasteiger partial charge in [0, 0.05) is 5.02 Å². The monoisotopic (exact) mass is 480 g/mol. The van der Waals surface area contributed by atoms with E-state index in [-0.39, 0.29) is 10.9 Å². The SMILES string of the molecule is Cc1ccc(CS(=O)(=O)c2nnc(C(N)Cc3ccc(Cl)cc3)n2Cc2ccccc2)cc1. The molecule has 0 spiro atoms. The van der Waals surface area contributed by atoms with Crippen molar-refractivity contribution < 1.29 is 8.42 Å². The maximum absolute atomic E-state index is 13.4. The number of benzene rings is 3. The van der Waals surface area contributed by atoms with Crippen molar-refractivity contribution in [1.29, 1.82) is 0 Å². The molecule has 0 radical (unpaired) electrons. The predicted molar refractivity (Wildman–Crippen MR) is 130 cm³/mol. The summed E-state index contributed by atoms with van der Waals surface area (Å²) in [7, 11) is -3.75. The van der Waals surface area contributed by atoms with Crippen molar-refractivity contribution in [2.45, 2.75) is 36.8 Å². The standard InChI is InChI=1S/C25H25ClN4O2S/c1-18-7-9-21(10-8-18)17-33(31,32)25-29-28-24(30(25)16-20-5-3-2-4-6-20)23(27)15-19-11-13-22(26)14-12-19/h2-14,23H,15-17,27H2,1H3. The Balaban J connectivity index is 1.69. The minimum Gasteiger partial charge on any atom is -0.321 e. The van der Waals surface area contributed by atoms with Crippen LogP contribution in [0.5, 0.6) is 0 Å². The zero-order valence-electron chi connectivity index (χ0n) is 18.2. The molecule has 170 valence electrons. The van der Waals surface area contributed by atoms with Crippen LogP contribution in [0.15, 0.2) is 84.0 Å². The molecule has 0 aliphatic heterocycles. The molecule has 6 nitrogen and oxygen atoms in total. The zero-order valence-corrected chi connectivity index (χ0v) is 19.8. The van der Waals surface area contributed by atoms with Gasteiger partial charge in [-0.15, -0.1) is 10.2 Å². The highest BCUT2D eigenvalue weighted by atomic mass is 35.5. The molecule has 1 atom stereocenters. The number of halogens is 1. The van der Waals surface area contributed by atoms with Gasteiger partial charge in [-0.2, -0.15) is 0 Å². The van der Waals surface area contributed by atoms with Crippen molar-refractivity contribution in [2.24, 2.45) is 5.73 Å². The van der Waals surface area contributed by atoms with Gasteiger partial charge in [0.2, 0.25) is 15.0 Å². The third-order valence-corrected chi connectivity index (χ3v) is 7.21. The molecule has 3 aromatic carbocycles. The minimum absolute atomic E-state index is 0.0755. The first-order chi connectivity index (χ1) is 15.8. The van der Waals surface area contributed by atoms with Crippen LogP contribution in [-0.2, 0) is 28.6 Å². The average Bonchev–Trinajstić information content (AvgIpc) is 3.22. The zero-order chi connectivity index (χ0) is 23.4. The Morgan fingerprint density at radius 1 is 0.879 bits per heavy atom. The number of aryl methyl sites for hydroxylation is 1.